The molecule has 0 fully saturated rings. The van der Waals surface area contributed by atoms with Crippen LogP contribution in [0.3, 0.4) is 0 Å². The Kier molecular flexibility index (Phi) is 59.4. The molecule has 0 spiro atoms. The van der Waals surface area contributed by atoms with Gasteiger partial charge in [-0.1, -0.05) is 157 Å². The fourth-order valence-electron chi connectivity index (χ4n) is 4.78. The third-order valence-electron chi connectivity index (χ3n) is 7.78. The van der Waals surface area contributed by atoms with Crippen LogP contribution in [0.5, 0.6) is 0 Å². The number of H-pyrrole nitrogens is 3. The molecule has 0 bridgehead atoms. The summed E-state index contributed by atoms with van der Waals surface area (Å²) in [6.45, 7) is 47.7. The van der Waals surface area contributed by atoms with Crippen molar-refractivity contribution >= 4 is 44.3 Å². The molecule has 11 aromatic rings. The first kappa shape index (κ1) is 79.2. The van der Waals surface area contributed by atoms with E-state index < -0.39 is 0 Å². The summed E-state index contributed by atoms with van der Waals surface area (Å²) in [5.41, 5.74) is 12.9. The molecule has 0 saturated heterocycles. The van der Waals surface area contributed by atoms with Crippen molar-refractivity contribution in [3.63, 3.8) is 0 Å². The van der Waals surface area contributed by atoms with E-state index in [1.54, 1.807) is 66.4 Å². The number of hydrogen-bond acceptors (Lipinski definition) is 13. The van der Waals surface area contributed by atoms with Crippen molar-refractivity contribution in [2.75, 3.05) is 0 Å². The first-order chi connectivity index (χ1) is 38.0. The van der Waals surface area contributed by atoms with Gasteiger partial charge in [-0.3, -0.25) is 10.1 Å². The lowest BCUT2D eigenvalue weighted by Gasteiger charge is -1.89. The summed E-state index contributed by atoms with van der Waals surface area (Å²) in [6.07, 6.45) is 15.4. The second-order valence-corrected chi connectivity index (χ2v) is 14.4. The van der Waals surface area contributed by atoms with E-state index in [2.05, 4.69) is 119 Å². The summed E-state index contributed by atoms with van der Waals surface area (Å²) in [5, 5.41) is 23.3. The van der Waals surface area contributed by atoms with Gasteiger partial charge >= 0.3 is 0 Å². The number of pyridine rings is 1. The highest BCUT2D eigenvalue weighted by molar-refractivity contribution is 7.09. The summed E-state index contributed by atoms with van der Waals surface area (Å²) >= 11 is 1.56. The molecule has 0 aliphatic rings. The van der Waals surface area contributed by atoms with E-state index in [1.807, 2.05) is 207 Å². The lowest BCUT2D eigenvalue weighted by Crippen LogP contribution is -1.75. The van der Waals surface area contributed by atoms with Gasteiger partial charge in [0.05, 0.1) is 52.0 Å². The van der Waals surface area contributed by atoms with E-state index in [0.717, 1.165) is 55.4 Å². The van der Waals surface area contributed by atoms with Gasteiger partial charge in [0.25, 0.3) is 0 Å². The highest BCUT2D eigenvalue weighted by atomic mass is 32.1. The third-order valence-corrected chi connectivity index (χ3v) is 8.41. The monoisotopic (exact) mass is 1090 g/mol. The van der Waals surface area contributed by atoms with E-state index in [4.69, 9.17) is 0 Å². The molecular formula is C62H99N13O2S. The van der Waals surface area contributed by atoms with Crippen LogP contribution in [0, 0.1) is 55.4 Å². The van der Waals surface area contributed by atoms with Crippen LogP contribution < -0.4 is 0 Å². The van der Waals surface area contributed by atoms with Crippen molar-refractivity contribution in [1.29, 1.82) is 0 Å². The number of para-hydroxylation sites is 2. The summed E-state index contributed by atoms with van der Waals surface area (Å²) in [7, 11) is 0. The Labute approximate surface area is 474 Å². The molecule has 78 heavy (non-hydrogen) atoms. The SMILES string of the molecule is CC.CC.CC.CC.CC.CC.CC.CC.Cc1ccc2cn[nH]c2c1.Cc1ccc2nc[nH]c2c1.Cc1cccnc1.Cc1ccno1.Cc1ccon1.Cc1cncnc1.Cc1nc2ccccc2[nH]1.Cc1nncs1. The normalized spacial score (nSPS) is 8.26. The molecule has 11 rings (SSSR count). The summed E-state index contributed by atoms with van der Waals surface area (Å²) in [6, 6.07) is 28.0. The lowest BCUT2D eigenvalue weighted by atomic mass is 10.2. The zero-order chi connectivity index (χ0) is 60.4. The highest BCUT2D eigenvalue weighted by Crippen LogP contribution is 2.12. The Hall–Kier alpha value is -7.72. The van der Waals surface area contributed by atoms with Crippen LogP contribution in [0.25, 0.3) is 33.0 Å². The van der Waals surface area contributed by atoms with Gasteiger partial charge in [-0.05, 0) is 114 Å². The Balaban J connectivity index is -0.000000253. The number of benzene rings is 3. The molecule has 0 aliphatic heterocycles. The highest BCUT2D eigenvalue weighted by Gasteiger charge is 1.95. The second-order valence-electron chi connectivity index (χ2n) is 13.4. The number of imidazole rings is 2. The molecule has 3 N–H and O–H groups in total. The van der Waals surface area contributed by atoms with E-state index in [-0.39, 0.29) is 0 Å². The van der Waals surface area contributed by atoms with Gasteiger partial charge in [-0.15, -0.1) is 21.5 Å². The molecule has 430 valence electrons. The molecule has 0 saturated carbocycles. The quantitative estimate of drug-likeness (QED) is 0.130. The smallest absolute Gasteiger partial charge is 0.133 e. The molecule has 0 radical (unpaired) electrons. The molecule has 8 aromatic heterocycles. The number of nitrogens with zero attached hydrogens (tertiary/aromatic N) is 10. The van der Waals surface area contributed by atoms with E-state index in [0.29, 0.717) is 0 Å². The van der Waals surface area contributed by atoms with Crippen molar-refractivity contribution in [3.8, 4) is 0 Å². The van der Waals surface area contributed by atoms with Crippen LogP contribution in [0.15, 0.2) is 156 Å². The Morgan fingerprint density at radius 2 is 1.12 bits per heavy atom. The second kappa shape index (κ2) is 58.5. The van der Waals surface area contributed by atoms with Crippen molar-refractivity contribution in [1.82, 2.24) is 65.6 Å². The zero-order valence-electron chi connectivity index (χ0n) is 52.1. The predicted molar refractivity (Wildman–Crippen MR) is 336 cm³/mol. The van der Waals surface area contributed by atoms with Crippen LogP contribution in [0.1, 0.15) is 155 Å². The maximum absolute atomic E-state index is 4.58. The van der Waals surface area contributed by atoms with Crippen LogP contribution >= 0.6 is 11.3 Å². The largest absolute Gasteiger partial charge is 0.365 e. The summed E-state index contributed by atoms with van der Waals surface area (Å²) < 4.78 is 9.05. The molecule has 8 heterocycles. The topological polar surface area (TPSA) is 203 Å². The van der Waals surface area contributed by atoms with Crippen LogP contribution in [-0.4, -0.2) is 65.6 Å². The lowest BCUT2D eigenvalue weighted by molar-refractivity contribution is 0.397. The van der Waals surface area contributed by atoms with Crippen LogP contribution in [0.2, 0.25) is 0 Å². The van der Waals surface area contributed by atoms with E-state index in [1.165, 1.54) is 28.4 Å². The number of aryl methyl sites for hydroxylation is 8. The fraction of sp³-hybridized carbons (Fsp3) is 0.387. The van der Waals surface area contributed by atoms with Gasteiger partial charge in [-0.25, -0.2) is 19.9 Å². The maximum Gasteiger partial charge on any atom is 0.133 e. The van der Waals surface area contributed by atoms with Gasteiger partial charge in [0, 0.05) is 42.3 Å². The Morgan fingerprint density at radius 3 is 1.53 bits per heavy atom. The number of aromatic nitrogens is 13. The fourth-order valence-corrected chi connectivity index (χ4v) is 5.12. The third kappa shape index (κ3) is 41.5. The van der Waals surface area contributed by atoms with Gasteiger partial charge in [0.15, 0.2) is 0 Å². The molecule has 0 amide bonds. The zero-order valence-corrected chi connectivity index (χ0v) is 52.9. The van der Waals surface area contributed by atoms with Crippen molar-refractivity contribution < 1.29 is 9.05 Å². The van der Waals surface area contributed by atoms with Crippen LogP contribution in [-0.2, 0) is 0 Å². The van der Waals surface area contributed by atoms with E-state index >= 15 is 0 Å². The number of nitrogens with one attached hydrogen (secondary N) is 3. The number of rotatable bonds is 0. The Bertz CT molecular complexity index is 2570. The maximum atomic E-state index is 4.58. The minimum absolute atomic E-state index is 0.856. The standard InChI is InChI=1S/3C8H8N2.C6H7N.C5H6N2.2C4H5NO.C3H4N2S.8C2H6/c1-6-2-3-7-8(4-6)10-5-9-7;1-6-2-3-7-5-9-10-8(7)4-6;1-6-9-7-4-2-3-5-8(7)10-6;1-6-3-2-4-7-5-6;1-5-2-6-4-7-3-5;1-4-2-3-6-5-4;1-4-2-3-5-6-4;1-3-5-4-2-6-3;8*1-2/h3*2-5H,1H3,(H,9,10);2-5H,1H3;2-4H,1H3;2*2-3H,1H3;2H,1H3;8*1-2H3. The van der Waals surface area contributed by atoms with Gasteiger partial charge in [0.2, 0.25) is 0 Å². The summed E-state index contributed by atoms with van der Waals surface area (Å²) in [4.78, 5) is 26.0. The molecule has 0 unspecified atom stereocenters. The molecule has 3 aromatic carbocycles. The molecular weight excluding hydrogens is 991 g/mol. The first-order valence-electron chi connectivity index (χ1n) is 27.3. The van der Waals surface area contributed by atoms with Crippen molar-refractivity contribution in [2.45, 2.75) is 166 Å². The predicted octanol–water partition coefficient (Wildman–Crippen LogP) is 18.8. The molecule has 0 atom stereocenters. The minimum atomic E-state index is 0.856. The average molecular weight is 1090 g/mol. The van der Waals surface area contributed by atoms with Gasteiger partial charge in [-0.2, -0.15) is 5.10 Å². The minimum Gasteiger partial charge on any atom is -0.365 e. The number of hydrogen-bond donors (Lipinski definition) is 3. The molecule has 0 aliphatic carbocycles. The van der Waals surface area contributed by atoms with Crippen molar-refractivity contribution in [2.24, 2.45) is 0 Å². The molecule has 15 nitrogen and oxygen atoms in total. The van der Waals surface area contributed by atoms with Crippen LogP contribution in [0.4, 0.5) is 0 Å². The first-order valence-corrected chi connectivity index (χ1v) is 28.2. The van der Waals surface area contributed by atoms with E-state index in [9.17, 15) is 0 Å². The van der Waals surface area contributed by atoms with Crippen molar-refractivity contribution in [3.05, 3.63) is 191 Å². The Morgan fingerprint density at radius 1 is 0.513 bits per heavy atom. The molecule has 16 heteroatoms. The van der Waals surface area contributed by atoms with Gasteiger partial charge in [0.1, 0.15) is 34.7 Å². The number of fused-ring (bicyclic) bond motifs is 3. The summed E-state index contributed by atoms with van der Waals surface area (Å²) in [5.74, 6) is 1.83. The van der Waals surface area contributed by atoms with Gasteiger partial charge < -0.3 is 19.0 Å². The average Bonchev–Trinajstić information content (AvgIpc) is 4.40. The number of aromatic amines is 3.